The number of aromatic amines is 2. The first kappa shape index (κ1) is 24.8. The molecule has 0 radical (unpaired) electrons. The summed E-state index contributed by atoms with van der Waals surface area (Å²) in [6, 6.07) is 6.31. The highest BCUT2D eigenvalue weighted by molar-refractivity contribution is 5.93. The molecule has 0 fully saturated rings. The normalized spacial score (nSPS) is 14.4. The van der Waals surface area contributed by atoms with Crippen LogP contribution < -0.4 is 10.6 Å². The quantitative estimate of drug-likeness (QED) is 0.313. The summed E-state index contributed by atoms with van der Waals surface area (Å²) in [5.74, 6) is 0.747. The lowest BCUT2D eigenvalue weighted by Gasteiger charge is -2.30. The topological polar surface area (TPSA) is 118 Å². The number of anilines is 2. The molecule has 0 unspecified atom stereocenters. The Morgan fingerprint density at radius 3 is 2.76 bits per heavy atom. The maximum Gasteiger partial charge on any atom is 0.318 e. The molecule has 0 bridgehead atoms. The monoisotopic (exact) mass is 501 g/mol. The fourth-order valence-electron chi connectivity index (χ4n) is 4.59. The van der Waals surface area contributed by atoms with Gasteiger partial charge in [0.25, 0.3) is 0 Å². The van der Waals surface area contributed by atoms with Gasteiger partial charge in [-0.2, -0.15) is 5.10 Å². The summed E-state index contributed by atoms with van der Waals surface area (Å²) in [7, 11) is 4.15. The Hall–Kier alpha value is -3.92. The van der Waals surface area contributed by atoms with E-state index in [1.165, 1.54) is 11.1 Å². The molecule has 1 aromatic carbocycles. The van der Waals surface area contributed by atoms with Crippen LogP contribution in [0.1, 0.15) is 38.4 Å². The van der Waals surface area contributed by atoms with Crippen LogP contribution in [0.5, 0.6) is 0 Å². The van der Waals surface area contributed by atoms with Crippen molar-refractivity contribution < 1.29 is 4.79 Å². The van der Waals surface area contributed by atoms with Gasteiger partial charge in [0.05, 0.1) is 17.1 Å². The Morgan fingerprint density at radius 2 is 2.03 bits per heavy atom. The lowest BCUT2D eigenvalue weighted by Crippen LogP contribution is -2.49. The van der Waals surface area contributed by atoms with E-state index >= 15 is 0 Å². The van der Waals surface area contributed by atoms with Crippen molar-refractivity contribution in [2.24, 2.45) is 0 Å². The predicted octanol–water partition coefficient (Wildman–Crippen LogP) is 4.28. The molecule has 10 heteroatoms. The zero-order valence-electron chi connectivity index (χ0n) is 22.1. The summed E-state index contributed by atoms with van der Waals surface area (Å²) >= 11 is 0. The Morgan fingerprint density at radius 1 is 1.19 bits per heavy atom. The van der Waals surface area contributed by atoms with Gasteiger partial charge >= 0.3 is 6.03 Å². The maximum absolute atomic E-state index is 12.5. The molecule has 0 spiro atoms. The fraction of sp³-hybridized carbons (Fsp3) is 0.407. The van der Waals surface area contributed by atoms with E-state index < -0.39 is 0 Å². The molecule has 1 aliphatic heterocycles. The number of fused-ring (bicyclic) bond motifs is 2. The van der Waals surface area contributed by atoms with Gasteiger partial charge in [-0.3, -0.25) is 5.10 Å². The molecule has 2 amide bonds. The second-order valence-corrected chi connectivity index (χ2v) is 10.9. The van der Waals surface area contributed by atoms with Crippen LogP contribution in [-0.4, -0.2) is 80.2 Å². The third-order valence-corrected chi connectivity index (χ3v) is 6.47. The molecule has 0 atom stereocenters. The van der Waals surface area contributed by atoms with E-state index in [-0.39, 0.29) is 11.6 Å². The van der Waals surface area contributed by atoms with Crippen molar-refractivity contribution >= 4 is 45.0 Å². The molecule has 5 rings (SSSR count). The SMILES string of the molecule is CN(C)CCc1cc(Nc2ncnc3[nH]c(C4=CCN(C(=O)NC(C)(C)C)CC4)cc23)cc2cn[nH]c12. The molecule has 37 heavy (non-hydrogen) atoms. The lowest BCUT2D eigenvalue weighted by atomic mass is 10.0. The standard InChI is InChI=1S/C27H35N9O/c1-27(2,3)33-26(37)36-10-7-17(8-11-36)22-14-21-24(28-16-29-25(21)32-22)31-20-12-18(6-9-35(4)5)23-19(13-20)15-30-34-23/h7,12-16H,6,8-11H2,1-5H3,(H,30,34)(H,33,37)(H2,28,29,31,32). The maximum atomic E-state index is 12.5. The third kappa shape index (κ3) is 5.59. The molecule has 4 heterocycles. The van der Waals surface area contributed by atoms with Gasteiger partial charge in [-0.05, 0) is 77.0 Å². The largest absolute Gasteiger partial charge is 0.340 e. The van der Waals surface area contributed by atoms with E-state index in [4.69, 9.17) is 0 Å². The average Bonchev–Trinajstić information content (AvgIpc) is 3.49. The summed E-state index contributed by atoms with van der Waals surface area (Å²) in [5, 5.41) is 15.9. The van der Waals surface area contributed by atoms with Crippen LogP contribution in [0.3, 0.4) is 0 Å². The van der Waals surface area contributed by atoms with Crippen molar-refractivity contribution in [3.05, 3.63) is 48.1 Å². The first-order valence-corrected chi connectivity index (χ1v) is 12.6. The number of benzene rings is 1. The summed E-state index contributed by atoms with van der Waals surface area (Å²) in [6.07, 6.45) is 7.22. The predicted molar refractivity (Wildman–Crippen MR) is 148 cm³/mol. The number of nitrogens with one attached hydrogen (secondary N) is 4. The summed E-state index contributed by atoms with van der Waals surface area (Å²) in [6.45, 7) is 8.16. The van der Waals surface area contributed by atoms with E-state index in [9.17, 15) is 4.79 Å². The molecule has 4 aromatic rings. The average molecular weight is 502 g/mol. The van der Waals surface area contributed by atoms with Crippen LogP contribution in [-0.2, 0) is 6.42 Å². The number of carbonyl (C=O) groups excluding carboxylic acids is 1. The van der Waals surface area contributed by atoms with Crippen molar-refractivity contribution in [3.8, 4) is 0 Å². The molecular formula is C27H35N9O. The van der Waals surface area contributed by atoms with Crippen LogP contribution in [0.4, 0.5) is 16.3 Å². The molecule has 10 nitrogen and oxygen atoms in total. The highest BCUT2D eigenvalue weighted by Crippen LogP contribution is 2.31. The number of carbonyl (C=O) groups is 1. The molecule has 4 N–H and O–H groups in total. The van der Waals surface area contributed by atoms with Crippen LogP contribution in [0.2, 0.25) is 0 Å². The first-order valence-electron chi connectivity index (χ1n) is 12.6. The molecule has 0 saturated carbocycles. The van der Waals surface area contributed by atoms with E-state index in [2.05, 4.69) is 79.1 Å². The van der Waals surface area contributed by atoms with Crippen molar-refractivity contribution in [2.75, 3.05) is 39.0 Å². The highest BCUT2D eigenvalue weighted by atomic mass is 16.2. The summed E-state index contributed by atoms with van der Waals surface area (Å²) in [5.41, 5.74) is 5.94. The molecule has 0 aliphatic carbocycles. The Kier molecular flexibility index (Phi) is 6.59. The minimum absolute atomic E-state index is 0.0312. The molecule has 1 aliphatic rings. The second kappa shape index (κ2) is 9.85. The summed E-state index contributed by atoms with van der Waals surface area (Å²) < 4.78 is 0. The van der Waals surface area contributed by atoms with Crippen molar-refractivity contribution in [2.45, 2.75) is 39.2 Å². The van der Waals surface area contributed by atoms with Crippen molar-refractivity contribution in [1.29, 1.82) is 0 Å². The van der Waals surface area contributed by atoms with Gasteiger partial charge in [-0.1, -0.05) is 6.08 Å². The zero-order chi connectivity index (χ0) is 26.2. The Balaban J connectivity index is 1.38. The zero-order valence-corrected chi connectivity index (χ0v) is 22.1. The minimum atomic E-state index is -0.254. The smallest absolute Gasteiger partial charge is 0.318 e. The summed E-state index contributed by atoms with van der Waals surface area (Å²) in [4.78, 5) is 29.0. The molecule has 3 aromatic heterocycles. The van der Waals surface area contributed by atoms with Gasteiger partial charge in [-0.25, -0.2) is 14.8 Å². The number of H-pyrrole nitrogens is 2. The van der Waals surface area contributed by atoms with Crippen LogP contribution >= 0.6 is 0 Å². The number of likely N-dealkylation sites (N-methyl/N-ethyl adjacent to an activating group) is 1. The fourth-order valence-corrected chi connectivity index (χ4v) is 4.59. The van der Waals surface area contributed by atoms with Crippen molar-refractivity contribution in [1.82, 2.24) is 40.3 Å². The van der Waals surface area contributed by atoms with Gasteiger partial charge in [0.1, 0.15) is 17.8 Å². The molecule has 0 saturated heterocycles. The number of hydrogen-bond acceptors (Lipinski definition) is 6. The molecular weight excluding hydrogens is 466 g/mol. The van der Waals surface area contributed by atoms with Gasteiger partial charge in [-0.15, -0.1) is 0 Å². The Bertz CT molecular complexity index is 1460. The number of hydrogen-bond donors (Lipinski definition) is 4. The van der Waals surface area contributed by atoms with Gasteiger partial charge < -0.3 is 25.4 Å². The van der Waals surface area contributed by atoms with Crippen molar-refractivity contribution in [3.63, 3.8) is 0 Å². The first-order chi connectivity index (χ1) is 17.7. The number of rotatable bonds is 6. The number of urea groups is 1. The second-order valence-electron chi connectivity index (χ2n) is 10.9. The third-order valence-electron chi connectivity index (χ3n) is 6.47. The van der Waals surface area contributed by atoms with Gasteiger partial charge in [0.15, 0.2) is 0 Å². The van der Waals surface area contributed by atoms with E-state index in [0.717, 1.165) is 58.5 Å². The minimum Gasteiger partial charge on any atom is -0.340 e. The Labute approximate surface area is 216 Å². The van der Waals surface area contributed by atoms with Gasteiger partial charge in [0.2, 0.25) is 0 Å². The van der Waals surface area contributed by atoms with Crippen LogP contribution in [0.25, 0.3) is 27.5 Å². The lowest BCUT2D eigenvalue weighted by molar-refractivity contribution is 0.193. The number of aromatic nitrogens is 5. The number of amides is 2. The highest BCUT2D eigenvalue weighted by Gasteiger charge is 2.22. The van der Waals surface area contributed by atoms with E-state index in [0.29, 0.717) is 13.1 Å². The number of nitrogens with zero attached hydrogens (tertiary/aromatic N) is 5. The van der Waals surface area contributed by atoms with Crippen LogP contribution in [0, 0.1) is 0 Å². The van der Waals surface area contributed by atoms with Gasteiger partial charge in [0, 0.05) is 41.9 Å². The van der Waals surface area contributed by atoms with Crippen LogP contribution in [0.15, 0.2) is 36.8 Å². The van der Waals surface area contributed by atoms with E-state index in [1.807, 2.05) is 31.9 Å². The van der Waals surface area contributed by atoms with E-state index in [1.54, 1.807) is 6.33 Å². The molecule has 194 valence electrons.